The Morgan fingerprint density at radius 1 is 1.35 bits per heavy atom. The second-order valence-electron chi connectivity index (χ2n) is 5.97. The highest BCUT2D eigenvalue weighted by atomic mass is 19.2. The van der Waals surface area contributed by atoms with Gasteiger partial charge in [0.15, 0.2) is 11.6 Å². The van der Waals surface area contributed by atoms with E-state index in [1.807, 2.05) is 0 Å². The Balaban J connectivity index is 2.13. The summed E-state index contributed by atoms with van der Waals surface area (Å²) >= 11 is 0. The molecule has 112 valence electrons. The van der Waals surface area contributed by atoms with Gasteiger partial charge >= 0.3 is 0 Å². The Bertz CT molecular complexity index is 456. The number of ether oxygens (including phenoxy) is 1. The molecule has 1 aromatic carbocycles. The van der Waals surface area contributed by atoms with Gasteiger partial charge < -0.3 is 10.5 Å². The molecule has 1 fully saturated rings. The number of rotatable bonds is 4. The smallest absolute Gasteiger partial charge is 0.162 e. The zero-order valence-corrected chi connectivity index (χ0v) is 12.2. The Kier molecular flexibility index (Phi) is 4.76. The minimum atomic E-state index is -0.821. The molecule has 0 spiro atoms. The molecule has 1 atom stereocenters. The lowest BCUT2D eigenvalue weighted by Crippen LogP contribution is -2.52. The van der Waals surface area contributed by atoms with E-state index in [-0.39, 0.29) is 6.04 Å². The Hall–Kier alpha value is -1.00. The van der Waals surface area contributed by atoms with Crippen LogP contribution in [0.25, 0.3) is 0 Å². The van der Waals surface area contributed by atoms with Gasteiger partial charge in [-0.3, -0.25) is 0 Å². The van der Waals surface area contributed by atoms with E-state index in [2.05, 4.69) is 6.92 Å². The summed E-state index contributed by atoms with van der Waals surface area (Å²) in [7, 11) is 1.66. The van der Waals surface area contributed by atoms with Crippen molar-refractivity contribution < 1.29 is 13.5 Å². The van der Waals surface area contributed by atoms with Crippen LogP contribution in [0.3, 0.4) is 0 Å². The summed E-state index contributed by atoms with van der Waals surface area (Å²) in [6.07, 6.45) is 4.18. The first-order valence-electron chi connectivity index (χ1n) is 7.22. The molecule has 4 heteroatoms. The van der Waals surface area contributed by atoms with Crippen molar-refractivity contribution in [2.75, 3.05) is 7.11 Å². The van der Waals surface area contributed by atoms with Crippen LogP contribution in [0.4, 0.5) is 8.78 Å². The molecular weight excluding hydrogens is 260 g/mol. The van der Waals surface area contributed by atoms with Gasteiger partial charge in [0.1, 0.15) is 0 Å². The zero-order valence-electron chi connectivity index (χ0n) is 12.2. The molecule has 0 aromatic heterocycles. The van der Waals surface area contributed by atoms with Gasteiger partial charge in [0.2, 0.25) is 0 Å². The van der Waals surface area contributed by atoms with Crippen LogP contribution in [0.2, 0.25) is 0 Å². The number of methoxy groups -OCH3 is 1. The predicted octanol–water partition coefficient (Wildman–Crippen LogP) is 3.43. The topological polar surface area (TPSA) is 35.2 Å². The summed E-state index contributed by atoms with van der Waals surface area (Å²) < 4.78 is 32.7. The normalized spacial score (nSPS) is 28.4. The minimum absolute atomic E-state index is 0.297. The van der Waals surface area contributed by atoms with E-state index in [0.717, 1.165) is 31.7 Å². The third kappa shape index (κ3) is 3.01. The average molecular weight is 283 g/mol. The van der Waals surface area contributed by atoms with E-state index in [4.69, 9.17) is 10.5 Å². The lowest BCUT2D eigenvalue weighted by Gasteiger charge is -2.42. The van der Waals surface area contributed by atoms with Crippen LogP contribution in [-0.4, -0.2) is 18.8 Å². The lowest BCUT2D eigenvalue weighted by atomic mass is 9.74. The van der Waals surface area contributed by atoms with Gasteiger partial charge in [0.05, 0.1) is 5.60 Å². The minimum Gasteiger partial charge on any atom is -0.377 e. The highest BCUT2D eigenvalue weighted by molar-refractivity contribution is 5.21. The summed E-state index contributed by atoms with van der Waals surface area (Å²) in [5.41, 5.74) is 6.19. The van der Waals surface area contributed by atoms with Crippen LogP contribution in [0.1, 0.15) is 38.2 Å². The van der Waals surface area contributed by atoms with E-state index in [9.17, 15) is 8.78 Å². The van der Waals surface area contributed by atoms with Crippen molar-refractivity contribution in [1.29, 1.82) is 0 Å². The molecule has 0 amide bonds. The van der Waals surface area contributed by atoms with Crippen LogP contribution < -0.4 is 5.73 Å². The molecule has 20 heavy (non-hydrogen) atoms. The lowest BCUT2D eigenvalue weighted by molar-refractivity contribution is -0.0660. The fourth-order valence-electron chi connectivity index (χ4n) is 3.11. The van der Waals surface area contributed by atoms with E-state index >= 15 is 0 Å². The van der Waals surface area contributed by atoms with Crippen molar-refractivity contribution >= 4 is 0 Å². The summed E-state index contributed by atoms with van der Waals surface area (Å²) in [6.45, 7) is 2.22. The molecule has 0 radical (unpaired) electrons. The number of hydrogen-bond donors (Lipinski definition) is 1. The van der Waals surface area contributed by atoms with Crippen molar-refractivity contribution in [3.63, 3.8) is 0 Å². The SMILES string of the molecule is COC1(C(N)Cc2cccc(F)c2F)CCC(C)CC1. The van der Waals surface area contributed by atoms with Gasteiger partial charge in [-0.05, 0) is 49.7 Å². The van der Waals surface area contributed by atoms with E-state index in [0.29, 0.717) is 17.9 Å². The molecule has 0 bridgehead atoms. The first-order valence-corrected chi connectivity index (χ1v) is 7.22. The van der Waals surface area contributed by atoms with Crippen LogP contribution >= 0.6 is 0 Å². The third-order valence-electron chi connectivity index (χ3n) is 4.67. The number of benzene rings is 1. The van der Waals surface area contributed by atoms with Crippen LogP contribution in [-0.2, 0) is 11.2 Å². The second kappa shape index (κ2) is 6.19. The maximum absolute atomic E-state index is 13.7. The van der Waals surface area contributed by atoms with Gasteiger partial charge in [0.25, 0.3) is 0 Å². The zero-order chi connectivity index (χ0) is 14.8. The predicted molar refractivity (Wildman–Crippen MR) is 75.4 cm³/mol. The fraction of sp³-hybridized carbons (Fsp3) is 0.625. The van der Waals surface area contributed by atoms with Crippen LogP contribution in [0, 0.1) is 17.6 Å². The van der Waals surface area contributed by atoms with Crippen molar-refractivity contribution in [1.82, 2.24) is 0 Å². The standard InChI is InChI=1S/C16H23F2NO/c1-11-6-8-16(20-2,9-7-11)14(19)10-12-4-3-5-13(17)15(12)18/h3-5,11,14H,6-10,19H2,1-2H3. The van der Waals surface area contributed by atoms with Crippen LogP contribution in [0.5, 0.6) is 0 Å². The number of halogens is 2. The molecule has 0 heterocycles. The van der Waals surface area contributed by atoms with Crippen molar-refractivity contribution in [3.8, 4) is 0 Å². The second-order valence-corrected chi connectivity index (χ2v) is 5.97. The molecule has 1 aliphatic carbocycles. The van der Waals surface area contributed by atoms with Crippen LogP contribution in [0.15, 0.2) is 18.2 Å². The number of nitrogens with two attached hydrogens (primary N) is 1. The summed E-state index contributed by atoms with van der Waals surface area (Å²) in [4.78, 5) is 0. The molecule has 0 saturated heterocycles. The van der Waals surface area contributed by atoms with Gasteiger partial charge in [-0.2, -0.15) is 0 Å². The first kappa shape index (κ1) is 15.4. The Morgan fingerprint density at radius 2 is 2.00 bits per heavy atom. The van der Waals surface area contributed by atoms with Gasteiger partial charge in [-0.15, -0.1) is 0 Å². The van der Waals surface area contributed by atoms with Gasteiger partial charge in [0, 0.05) is 13.2 Å². The molecule has 1 aliphatic rings. The quantitative estimate of drug-likeness (QED) is 0.919. The first-order chi connectivity index (χ1) is 9.48. The van der Waals surface area contributed by atoms with E-state index in [1.54, 1.807) is 13.2 Å². The summed E-state index contributed by atoms with van der Waals surface area (Å²) in [5, 5.41) is 0. The van der Waals surface area contributed by atoms with Crippen molar-refractivity contribution in [2.24, 2.45) is 11.7 Å². The highest BCUT2D eigenvalue weighted by Crippen LogP contribution is 2.37. The Morgan fingerprint density at radius 3 is 2.60 bits per heavy atom. The molecule has 1 saturated carbocycles. The van der Waals surface area contributed by atoms with Gasteiger partial charge in [-0.25, -0.2) is 8.78 Å². The Labute approximate surface area is 119 Å². The maximum atomic E-state index is 13.7. The van der Waals surface area contributed by atoms with E-state index in [1.165, 1.54) is 6.07 Å². The van der Waals surface area contributed by atoms with Crippen molar-refractivity contribution in [2.45, 2.75) is 50.7 Å². The molecule has 2 N–H and O–H groups in total. The third-order valence-corrected chi connectivity index (χ3v) is 4.67. The van der Waals surface area contributed by atoms with E-state index < -0.39 is 17.2 Å². The molecule has 2 rings (SSSR count). The average Bonchev–Trinajstić information content (AvgIpc) is 2.45. The van der Waals surface area contributed by atoms with Gasteiger partial charge in [-0.1, -0.05) is 19.1 Å². The maximum Gasteiger partial charge on any atom is 0.162 e. The monoisotopic (exact) mass is 283 g/mol. The molecule has 2 nitrogen and oxygen atoms in total. The molecule has 1 aromatic rings. The highest BCUT2D eigenvalue weighted by Gasteiger charge is 2.39. The molecule has 0 aliphatic heterocycles. The largest absolute Gasteiger partial charge is 0.377 e. The molecular formula is C16H23F2NO. The summed E-state index contributed by atoms with van der Waals surface area (Å²) in [5.74, 6) is -0.937. The van der Waals surface area contributed by atoms with Crippen molar-refractivity contribution in [3.05, 3.63) is 35.4 Å². The molecule has 1 unspecified atom stereocenters. The number of hydrogen-bond acceptors (Lipinski definition) is 2. The summed E-state index contributed by atoms with van der Waals surface area (Å²) in [6, 6.07) is 3.91. The fourth-order valence-corrected chi connectivity index (χ4v) is 3.11.